The van der Waals surface area contributed by atoms with Gasteiger partial charge >= 0.3 is 0 Å². The summed E-state index contributed by atoms with van der Waals surface area (Å²) >= 11 is 0. The Balaban J connectivity index is 2.22. The molecule has 112 valence electrons. The van der Waals surface area contributed by atoms with Crippen molar-refractivity contribution in [2.45, 2.75) is 33.1 Å². The van der Waals surface area contributed by atoms with Crippen molar-refractivity contribution in [2.24, 2.45) is 11.7 Å². The Morgan fingerprint density at radius 3 is 2.95 bits per heavy atom. The van der Waals surface area contributed by atoms with Crippen molar-refractivity contribution in [3.8, 4) is 11.8 Å². The van der Waals surface area contributed by atoms with Crippen LogP contribution in [0.1, 0.15) is 47.7 Å². The maximum Gasteiger partial charge on any atom is 0.254 e. The second-order valence-electron chi connectivity index (χ2n) is 5.81. The Morgan fingerprint density at radius 2 is 2.19 bits per heavy atom. The lowest BCUT2D eigenvalue weighted by atomic mass is 10.0. The Morgan fingerprint density at radius 1 is 1.38 bits per heavy atom. The van der Waals surface area contributed by atoms with Crippen molar-refractivity contribution >= 4 is 5.91 Å². The van der Waals surface area contributed by atoms with Crippen LogP contribution in [-0.2, 0) is 0 Å². The zero-order chi connectivity index (χ0) is 15.2. The van der Waals surface area contributed by atoms with Crippen molar-refractivity contribution in [2.75, 3.05) is 19.6 Å². The van der Waals surface area contributed by atoms with E-state index in [1.165, 1.54) is 6.42 Å². The molecule has 1 fully saturated rings. The van der Waals surface area contributed by atoms with Gasteiger partial charge in [-0.3, -0.25) is 4.79 Å². The van der Waals surface area contributed by atoms with E-state index in [1.807, 2.05) is 30.0 Å². The van der Waals surface area contributed by atoms with Crippen molar-refractivity contribution < 1.29 is 4.79 Å². The van der Waals surface area contributed by atoms with Gasteiger partial charge in [-0.2, -0.15) is 0 Å². The minimum absolute atomic E-state index is 0.137. The largest absolute Gasteiger partial charge is 0.339 e. The van der Waals surface area contributed by atoms with Crippen LogP contribution in [0.15, 0.2) is 18.2 Å². The van der Waals surface area contributed by atoms with Crippen LogP contribution in [0.4, 0.5) is 0 Å². The number of hydrogen-bond acceptors (Lipinski definition) is 2. The molecule has 1 aromatic carbocycles. The molecule has 0 spiro atoms. The van der Waals surface area contributed by atoms with Crippen molar-refractivity contribution in [3.05, 3.63) is 34.9 Å². The van der Waals surface area contributed by atoms with Crippen LogP contribution in [0.2, 0.25) is 0 Å². The van der Waals surface area contributed by atoms with Gasteiger partial charge in [0.1, 0.15) is 0 Å². The SMILES string of the molecule is Cc1c(C#CCN)cccc1C(=O)N1CCCC(C)CC1. The first-order chi connectivity index (χ1) is 10.1. The lowest BCUT2D eigenvalue weighted by Crippen LogP contribution is -2.32. The fourth-order valence-corrected chi connectivity index (χ4v) is 2.79. The third-order valence-electron chi connectivity index (χ3n) is 4.19. The summed E-state index contributed by atoms with van der Waals surface area (Å²) in [4.78, 5) is 14.8. The molecule has 0 aliphatic carbocycles. The lowest BCUT2D eigenvalue weighted by molar-refractivity contribution is 0.0759. The van der Waals surface area contributed by atoms with E-state index in [0.717, 1.165) is 42.6 Å². The van der Waals surface area contributed by atoms with E-state index in [-0.39, 0.29) is 5.91 Å². The Hall–Kier alpha value is -1.79. The molecule has 1 atom stereocenters. The Labute approximate surface area is 127 Å². The van der Waals surface area contributed by atoms with Gasteiger partial charge in [0.05, 0.1) is 6.54 Å². The van der Waals surface area contributed by atoms with Crippen LogP contribution in [0.3, 0.4) is 0 Å². The maximum absolute atomic E-state index is 12.8. The summed E-state index contributed by atoms with van der Waals surface area (Å²) in [6.07, 6.45) is 3.40. The van der Waals surface area contributed by atoms with Gasteiger partial charge in [0.25, 0.3) is 5.91 Å². The summed E-state index contributed by atoms with van der Waals surface area (Å²) in [6.45, 7) is 6.29. The molecule has 2 rings (SSSR count). The first-order valence-electron chi connectivity index (χ1n) is 7.71. The van der Waals surface area contributed by atoms with Gasteiger partial charge < -0.3 is 10.6 Å². The molecule has 21 heavy (non-hydrogen) atoms. The molecule has 1 aliphatic heterocycles. The van der Waals surface area contributed by atoms with E-state index in [1.54, 1.807) is 0 Å². The molecule has 2 N–H and O–H groups in total. The second-order valence-corrected chi connectivity index (χ2v) is 5.81. The fraction of sp³-hybridized carbons (Fsp3) is 0.500. The number of likely N-dealkylation sites (tertiary alicyclic amines) is 1. The van der Waals surface area contributed by atoms with Crippen molar-refractivity contribution in [1.82, 2.24) is 4.90 Å². The summed E-state index contributed by atoms with van der Waals surface area (Å²) in [5.41, 5.74) is 8.05. The minimum Gasteiger partial charge on any atom is -0.339 e. The third-order valence-corrected chi connectivity index (χ3v) is 4.19. The second kappa shape index (κ2) is 7.28. The number of benzene rings is 1. The summed E-state index contributed by atoms with van der Waals surface area (Å²) in [6, 6.07) is 5.75. The highest BCUT2D eigenvalue weighted by atomic mass is 16.2. The van der Waals surface area contributed by atoms with Gasteiger partial charge in [0.15, 0.2) is 0 Å². The van der Waals surface area contributed by atoms with Gasteiger partial charge in [-0.15, -0.1) is 0 Å². The summed E-state index contributed by atoms with van der Waals surface area (Å²) in [5.74, 6) is 6.75. The van der Waals surface area contributed by atoms with Crippen molar-refractivity contribution in [3.63, 3.8) is 0 Å². The Bertz CT molecular complexity index is 568. The Kier molecular flexibility index (Phi) is 5.41. The summed E-state index contributed by atoms with van der Waals surface area (Å²) in [5, 5.41) is 0. The zero-order valence-electron chi connectivity index (χ0n) is 13.0. The number of carbonyl (C=O) groups excluding carboxylic acids is 1. The number of amides is 1. The predicted molar refractivity (Wildman–Crippen MR) is 86.0 cm³/mol. The molecule has 0 aromatic heterocycles. The van der Waals surface area contributed by atoms with Crippen LogP contribution >= 0.6 is 0 Å². The molecule has 1 heterocycles. The highest BCUT2D eigenvalue weighted by Gasteiger charge is 2.21. The molecule has 1 unspecified atom stereocenters. The number of nitrogens with zero attached hydrogens (tertiary/aromatic N) is 1. The molecule has 1 saturated heterocycles. The zero-order valence-corrected chi connectivity index (χ0v) is 13.0. The topological polar surface area (TPSA) is 46.3 Å². The molecule has 0 saturated carbocycles. The van der Waals surface area contributed by atoms with E-state index in [2.05, 4.69) is 18.8 Å². The monoisotopic (exact) mass is 284 g/mol. The molecule has 0 radical (unpaired) electrons. The van der Waals surface area contributed by atoms with Gasteiger partial charge in [-0.05, 0) is 49.8 Å². The number of carbonyl (C=O) groups is 1. The quantitative estimate of drug-likeness (QED) is 0.806. The fourth-order valence-electron chi connectivity index (χ4n) is 2.79. The summed E-state index contributed by atoms with van der Waals surface area (Å²) in [7, 11) is 0. The van der Waals surface area contributed by atoms with Crippen LogP contribution < -0.4 is 5.73 Å². The molecule has 1 amide bonds. The smallest absolute Gasteiger partial charge is 0.254 e. The van der Waals surface area contributed by atoms with Crippen LogP contribution in [0, 0.1) is 24.7 Å². The molecule has 1 aliphatic rings. The predicted octanol–water partition coefficient (Wildman–Crippen LogP) is 2.57. The number of nitrogens with two attached hydrogens (primary N) is 1. The maximum atomic E-state index is 12.8. The van der Waals surface area contributed by atoms with E-state index in [0.29, 0.717) is 12.5 Å². The van der Waals surface area contributed by atoms with E-state index < -0.39 is 0 Å². The van der Waals surface area contributed by atoms with Crippen molar-refractivity contribution in [1.29, 1.82) is 0 Å². The highest BCUT2D eigenvalue weighted by Crippen LogP contribution is 2.20. The number of hydrogen-bond donors (Lipinski definition) is 1. The van der Waals surface area contributed by atoms with Crippen LogP contribution in [0.25, 0.3) is 0 Å². The van der Waals surface area contributed by atoms with E-state index in [4.69, 9.17) is 5.73 Å². The first kappa shape index (κ1) is 15.6. The van der Waals surface area contributed by atoms with Gasteiger partial charge in [-0.25, -0.2) is 0 Å². The number of rotatable bonds is 1. The molecular weight excluding hydrogens is 260 g/mol. The summed E-state index contributed by atoms with van der Waals surface area (Å²) < 4.78 is 0. The van der Waals surface area contributed by atoms with E-state index >= 15 is 0 Å². The van der Waals surface area contributed by atoms with Crippen LogP contribution in [-0.4, -0.2) is 30.4 Å². The van der Waals surface area contributed by atoms with Gasteiger partial charge in [0, 0.05) is 24.2 Å². The van der Waals surface area contributed by atoms with Gasteiger partial charge in [0.2, 0.25) is 0 Å². The van der Waals surface area contributed by atoms with E-state index in [9.17, 15) is 4.79 Å². The average Bonchev–Trinajstić information content (AvgIpc) is 2.70. The average molecular weight is 284 g/mol. The minimum atomic E-state index is 0.137. The first-order valence-corrected chi connectivity index (χ1v) is 7.71. The van der Waals surface area contributed by atoms with Crippen LogP contribution in [0.5, 0.6) is 0 Å². The standard InChI is InChI=1S/C18H24N2O/c1-14-6-5-12-20(13-10-14)18(21)17-9-3-7-16(15(17)2)8-4-11-19/h3,7,9,14H,5-6,10-13,19H2,1-2H3. The lowest BCUT2D eigenvalue weighted by Gasteiger charge is -2.21. The molecule has 0 bridgehead atoms. The van der Waals surface area contributed by atoms with Gasteiger partial charge in [-0.1, -0.05) is 24.8 Å². The third kappa shape index (κ3) is 3.86. The normalized spacial score (nSPS) is 18.6. The highest BCUT2D eigenvalue weighted by molar-refractivity contribution is 5.96. The molecule has 3 nitrogen and oxygen atoms in total. The molecular formula is C18H24N2O. The molecule has 1 aromatic rings. The molecule has 3 heteroatoms.